The fourth-order valence-electron chi connectivity index (χ4n) is 1.25. The molecular weight excluding hydrogens is 96.1 g/mol. The summed E-state index contributed by atoms with van der Waals surface area (Å²) in [6, 6.07) is 0. The minimum absolute atomic E-state index is 0.597. The molecule has 0 aromatic heterocycles. The molecule has 47 valence electrons. The molecule has 1 atom stereocenters. The van der Waals surface area contributed by atoms with Crippen molar-refractivity contribution in [2.75, 3.05) is 0 Å². The summed E-state index contributed by atoms with van der Waals surface area (Å²) in [6.45, 7) is 7.01. The van der Waals surface area contributed by atoms with Crippen LogP contribution in [0.5, 0.6) is 0 Å². The van der Waals surface area contributed by atoms with E-state index in [-0.39, 0.29) is 0 Å². The van der Waals surface area contributed by atoms with E-state index < -0.39 is 0 Å². The molecule has 0 aliphatic heterocycles. The normalized spacial score (nSPS) is 35.6. The lowest BCUT2D eigenvalue weighted by Crippen LogP contribution is -2.13. The first-order valence-corrected chi connectivity index (χ1v) is 3.46. The molecule has 0 aromatic carbocycles. The summed E-state index contributed by atoms with van der Waals surface area (Å²) >= 11 is 0. The molecule has 0 spiro atoms. The molecule has 0 nitrogen and oxygen atoms in total. The van der Waals surface area contributed by atoms with E-state index in [4.69, 9.17) is 0 Å². The zero-order valence-electron chi connectivity index (χ0n) is 6.07. The highest BCUT2D eigenvalue weighted by Crippen LogP contribution is 2.41. The molecule has 0 heterocycles. The first kappa shape index (κ1) is 6.12. The second kappa shape index (κ2) is 1.75. The number of hydrogen-bond donors (Lipinski definition) is 0. The molecule has 0 saturated heterocycles. The van der Waals surface area contributed by atoms with Crippen LogP contribution >= 0.6 is 0 Å². The van der Waals surface area contributed by atoms with E-state index >= 15 is 0 Å². The Bertz CT molecular complexity index is 82.0. The van der Waals surface area contributed by atoms with Crippen LogP contribution in [0.4, 0.5) is 0 Å². The van der Waals surface area contributed by atoms with Gasteiger partial charge < -0.3 is 0 Å². The van der Waals surface area contributed by atoms with Gasteiger partial charge in [0, 0.05) is 0 Å². The van der Waals surface area contributed by atoms with E-state index in [0.717, 1.165) is 5.92 Å². The van der Waals surface area contributed by atoms with Gasteiger partial charge in [0.05, 0.1) is 0 Å². The third kappa shape index (κ3) is 0.888. The molecule has 1 saturated carbocycles. The lowest BCUT2D eigenvalue weighted by molar-refractivity contribution is 0.299. The standard InChI is InChI=1S/C8H15/c1-7-5-4-6-8(7,2)3/h5,7H,4,6H2,1-3H3. The van der Waals surface area contributed by atoms with Crippen LogP contribution in [0.1, 0.15) is 33.6 Å². The molecule has 1 radical (unpaired) electrons. The fraction of sp³-hybridized carbons (Fsp3) is 0.875. The van der Waals surface area contributed by atoms with Crippen molar-refractivity contribution in [3.8, 4) is 0 Å². The van der Waals surface area contributed by atoms with Crippen molar-refractivity contribution in [3.63, 3.8) is 0 Å². The van der Waals surface area contributed by atoms with Gasteiger partial charge in [-0.05, 0) is 30.6 Å². The van der Waals surface area contributed by atoms with Crippen LogP contribution in [0.25, 0.3) is 0 Å². The van der Waals surface area contributed by atoms with Crippen molar-refractivity contribution < 1.29 is 0 Å². The van der Waals surface area contributed by atoms with Gasteiger partial charge in [-0.15, -0.1) is 0 Å². The van der Waals surface area contributed by atoms with E-state index in [9.17, 15) is 0 Å². The minimum atomic E-state index is 0.597. The number of rotatable bonds is 0. The minimum Gasteiger partial charge on any atom is -0.0617 e. The molecule has 0 aromatic rings. The maximum atomic E-state index is 2.43. The van der Waals surface area contributed by atoms with E-state index in [0.29, 0.717) is 5.41 Å². The smallest absolute Gasteiger partial charge is 0.0326 e. The largest absolute Gasteiger partial charge is 0.0617 e. The van der Waals surface area contributed by atoms with Gasteiger partial charge in [-0.25, -0.2) is 0 Å². The zero-order valence-corrected chi connectivity index (χ0v) is 6.07. The van der Waals surface area contributed by atoms with Crippen LogP contribution in [0.15, 0.2) is 0 Å². The van der Waals surface area contributed by atoms with Gasteiger partial charge >= 0.3 is 0 Å². The molecule has 1 rings (SSSR count). The summed E-state index contributed by atoms with van der Waals surface area (Å²) in [7, 11) is 0. The molecule has 0 amide bonds. The second-order valence-electron chi connectivity index (χ2n) is 3.55. The summed E-state index contributed by atoms with van der Waals surface area (Å²) in [6.07, 6.45) is 5.14. The Labute approximate surface area is 52.3 Å². The Morgan fingerprint density at radius 1 is 1.50 bits per heavy atom. The molecule has 0 heteroatoms. The Hall–Kier alpha value is 0. The Balaban J connectivity index is 2.54. The van der Waals surface area contributed by atoms with Gasteiger partial charge in [0.25, 0.3) is 0 Å². The van der Waals surface area contributed by atoms with Crippen molar-refractivity contribution in [1.82, 2.24) is 0 Å². The average Bonchev–Trinajstić information content (AvgIpc) is 1.86. The van der Waals surface area contributed by atoms with Crippen LogP contribution < -0.4 is 0 Å². The van der Waals surface area contributed by atoms with Crippen molar-refractivity contribution in [1.29, 1.82) is 0 Å². The molecule has 1 aliphatic rings. The van der Waals surface area contributed by atoms with Gasteiger partial charge in [-0.2, -0.15) is 0 Å². The third-order valence-corrected chi connectivity index (χ3v) is 2.54. The van der Waals surface area contributed by atoms with Crippen molar-refractivity contribution in [3.05, 3.63) is 6.42 Å². The quantitative estimate of drug-likeness (QED) is 0.451. The molecule has 1 aliphatic carbocycles. The second-order valence-corrected chi connectivity index (χ2v) is 3.55. The van der Waals surface area contributed by atoms with E-state index in [2.05, 4.69) is 27.2 Å². The highest BCUT2D eigenvalue weighted by molar-refractivity contribution is 4.92. The highest BCUT2D eigenvalue weighted by Gasteiger charge is 2.30. The molecular formula is C8H15. The lowest BCUT2D eigenvalue weighted by Gasteiger charge is -2.22. The molecule has 1 unspecified atom stereocenters. The first-order valence-electron chi connectivity index (χ1n) is 3.46. The predicted molar refractivity (Wildman–Crippen MR) is 36.5 cm³/mol. The summed E-state index contributed by atoms with van der Waals surface area (Å²) in [5, 5.41) is 0. The van der Waals surface area contributed by atoms with Crippen LogP contribution in [0.2, 0.25) is 0 Å². The lowest BCUT2D eigenvalue weighted by atomic mass is 9.83. The van der Waals surface area contributed by atoms with Gasteiger partial charge in [0.2, 0.25) is 0 Å². The number of hydrogen-bond acceptors (Lipinski definition) is 0. The van der Waals surface area contributed by atoms with Crippen molar-refractivity contribution in [2.24, 2.45) is 11.3 Å². The molecule has 0 bridgehead atoms. The fourth-order valence-corrected chi connectivity index (χ4v) is 1.25. The average molecular weight is 111 g/mol. The maximum absolute atomic E-state index is 2.43. The van der Waals surface area contributed by atoms with E-state index in [1.54, 1.807) is 0 Å². The van der Waals surface area contributed by atoms with Crippen LogP contribution in [-0.2, 0) is 0 Å². The summed E-state index contributed by atoms with van der Waals surface area (Å²) < 4.78 is 0. The van der Waals surface area contributed by atoms with Gasteiger partial charge in [-0.1, -0.05) is 20.8 Å². The maximum Gasteiger partial charge on any atom is -0.0326 e. The third-order valence-electron chi connectivity index (χ3n) is 2.54. The van der Waals surface area contributed by atoms with Crippen LogP contribution in [0.3, 0.4) is 0 Å². The molecule has 0 N–H and O–H groups in total. The van der Waals surface area contributed by atoms with Crippen molar-refractivity contribution >= 4 is 0 Å². The monoisotopic (exact) mass is 111 g/mol. The molecule has 8 heavy (non-hydrogen) atoms. The van der Waals surface area contributed by atoms with Gasteiger partial charge in [-0.3, -0.25) is 0 Å². The summed E-state index contributed by atoms with van der Waals surface area (Å²) in [4.78, 5) is 0. The topological polar surface area (TPSA) is 0 Å². The van der Waals surface area contributed by atoms with Gasteiger partial charge in [0.1, 0.15) is 0 Å². The van der Waals surface area contributed by atoms with E-state index in [1.165, 1.54) is 12.8 Å². The Morgan fingerprint density at radius 2 is 2.12 bits per heavy atom. The van der Waals surface area contributed by atoms with Crippen LogP contribution in [0, 0.1) is 17.8 Å². The van der Waals surface area contributed by atoms with Crippen molar-refractivity contribution in [2.45, 2.75) is 33.6 Å². The predicted octanol–water partition coefficient (Wildman–Crippen LogP) is 2.65. The zero-order chi connectivity index (χ0) is 6.20. The summed E-state index contributed by atoms with van der Waals surface area (Å²) in [5.41, 5.74) is 0.597. The SMILES string of the molecule is CC1[CH]CCC1(C)C. The van der Waals surface area contributed by atoms with E-state index in [1.807, 2.05) is 0 Å². The van der Waals surface area contributed by atoms with Gasteiger partial charge in [0.15, 0.2) is 0 Å². The summed E-state index contributed by atoms with van der Waals surface area (Å²) in [5.74, 6) is 0.836. The molecule has 1 fully saturated rings. The van der Waals surface area contributed by atoms with Crippen LogP contribution in [-0.4, -0.2) is 0 Å². The Kier molecular flexibility index (Phi) is 1.34. The Morgan fingerprint density at radius 3 is 2.25 bits per heavy atom. The highest BCUT2D eigenvalue weighted by atomic mass is 14.4. The first-order chi connectivity index (χ1) is 3.63.